The van der Waals surface area contributed by atoms with Crippen LogP contribution in [0.5, 0.6) is 0 Å². The van der Waals surface area contributed by atoms with Crippen LogP contribution in [0.15, 0.2) is 53.4 Å². The minimum absolute atomic E-state index is 0.270. The summed E-state index contributed by atoms with van der Waals surface area (Å²) in [6, 6.07) is 13.3. The number of urea groups is 1. The number of para-hydroxylation sites is 2. The number of carbonyl (C=O) groups is 2. The smallest absolute Gasteiger partial charge is 0.340 e. The predicted octanol–water partition coefficient (Wildman–Crippen LogP) is 3.80. The van der Waals surface area contributed by atoms with Crippen LogP contribution in [0.3, 0.4) is 0 Å². The number of ether oxygens (including phenoxy) is 1. The number of nitrogens with one attached hydrogen (secondary N) is 2. The fraction of sp³-hybridized carbons (Fsp3) is 0.125. The molecule has 0 aliphatic heterocycles. The van der Waals surface area contributed by atoms with Gasteiger partial charge in [-0.15, -0.1) is 12.6 Å². The molecule has 6 heteroatoms. The molecule has 0 aliphatic carbocycles. The predicted molar refractivity (Wildman–Crippen MR) is 88.7 cm³/mol. The molecular weight excluding hydrogens is 300 g/mol. The molecular formula is C16H16N2O3S. The summed E-state index contributed by atoms with van der Waals surface area (Å²) in [6.07, 6.45) is 0. The Morgan fingerprint density at radius 3 is 2.27 bits per heavy atom. The van der Waals surface area contributed by atoms with Crippen LogP contribution in [0.1, 0.15) is 17.3 Å². The van der Waals surface area contributed by atoms with Gasteiger partial charge in [0, 0.05) is 4.90 Å². The van der Waals surface area contributed by atoms with Crippen molar-refractivity contribution in [3.05, 3.63) is 54.1 Å². The second-order valence-electron chi connectivity index (χ2n) is 4.36. The van der Waals surface area contributed by atoms with Crippen molar-refractivity contribution in [3.63, 3.8) is 0 Å². The standard InChI is InChI=1S/C16H16N2O3S/c1-2-21-15(19)11-7-3-4-8-12(11)17-16(20)18-13-9-5-6-10-14(13)22/h3-10,22H,2H2,1H3,(H2,17,18,20). The van der Waals surface area contributed by atoms with E-state index in [0.717, 1.165) is 0 Å². The SMILES string of the molecule is CCOC(=O)c1ccccc1NC(=O)Nc1ccccc1S. The molecule has 0 heterocycles. The second-order valence-corrected chi connectivity index (χ2v) is 4.84. The van der Waals surface area contributed by atoms with Crippen LogP contribution < -0.4 is 10.6 Å². The first-order chi connectivity index (χ1) is 10.6. The number of rotatable bonds is 4. The Morgan fingerprint density at radius 2 is 1.59 bits per heavy atom. The van der Waals surface area contributed by atoms with Gasteiger partial charge in [-0.05, 0) is 31.2 Å². The number of benzene rings is 2. The van der Waals surface area contributed by atoms with E-state index in [1.165, 1.54) is 0 Å². The summed E-state index contributed by atoms with van der Waals surface area (Å²) in [4.78, 5) is 24.6. The van der Waals surface area contributed by atoms with Crippen molar-refractivity contribution in [2.45, 2.75) is 11.8 Å². The van der Waals surface area contributed by atoms with Crippen molar-refractivity contribution >= 4 is 36.0 Å². The van der Waals surface area contributed by atoms with E-state index in [4.69, 9.17) is 4.74 Å². The number of carbonyl (C=O) groups excluding carboxylic acids is 2. The van der Waals surface area contributed by atoms with Gasteiger partial charge in [-0.1, -0.05) is 24.3 Å². The molecule has 2 rings (SSSR count). The lowest BCUT2D eigenvalue weighted by molar-refractivity contribution is 0.0527. The third kappa shape index (κ3) is 4.02. The number of amides is 2. The third-order valence-electron chi connectivity index (χ3n) is 2.82. The Kier molecular flexibility index (Phi) is 5.43. The molecule has 2 N–H and O–H groups in total. The summed E-state index contributed by atoms with van der Waals surface area (Å²) in [6.45, 7) is 2.00. The summed E-state index contributed by atoms with van der Waals surface area (Å²) >= 11 is 4.26. The van der Waals surface area contributed by atoms with E-state index in [1.54, 1.807) is 49.4 Å². The van der Waals surface area contributed by atoms with Crippen LogP contribution in [0.4, 0.5) is 16.2 Å². The third-order valence-corrected chi connectivity index (χ3v) is 3.21. The van der Waals surface area contributed by atoms with Gasteiger partial charge in [0.15, 0.2) is 0 Å². The topological polar surface area (TPSA) is 67.4 Å². The van der Waals surface area contributed by atoms with Gasteiger partial charge < -0.3 is 15.4 Å². The van der Waals surface area contributed by atoms with Crippen molar-refractivity contribution in [2.75, 3.05) is 17.2 Å². The van der Waals surface area contributed by atoms with Crippen molar-refractivity contribution in [3.8, 4) is 0 Å². The van der Waals surface area contributed by atoms with Gasteiger partial charge in [0.25, 0.3) is 0 Å². The van der Waals surface area contributed by atoms with Gasteiger partial charge in [0.2, 0.25) is 0 Å². The summed E-state index contributed by atoms with van der Waals surface area (Å²) in [5.41, 5.74) is 1.27. The lowest BCUT2D eigenvalue weighted by atomic mass is 10.2. The molecule has 0 aromatic heterocycles. The maximum Gasteiger partial charge on any atom is 0.340 e. The van der Waals surface area contributed by atoms with E-state index >= 15 is 0 Å². The maximum atomic E-state index is 12.1. The number of esters is 1. The summed E-state index contributed by atoms with van der Waals surface area (Å²) in [5.74, 6) is -0.479. The molecule has 0 unspecified atom stereocenters. The Morgan fingerprint density at radius 1 is 1.00 bits per heavy atom. The zero-order valence-corrected chi connectivity index (χ0v) is 12.9. The molecule has 0 saturated carbocycles. The van der Waals surface area contributed by atoms with Crippen molar-refractivity contribution in [2.24, 2.45) is 0 Å². The van der Waals surface area contributed by atoms with Gasteiger partial charge in [-0.25, -0.2) is 9.59 Å². The lowest BCUT2D eigenvalue weighted by Crippen LogP contribution is -2.21. The molecule has 2 aromatic rings. The van der Waals surface area contributed by atoms with Crippen molar-refractivity contribution in [1.82, 2.24) is 0 Å². The van der Waals surface area contributed by atoms with E-state index in [-0.39, 0.29) is 6.61 Å². The minimum Gasteiger partial charge on any atom is -0.462 e. The van der Waals surface area contributed by atoms with Crippen molar-refractivity contribution < 1.29 is 14.3 Å². The Balaban J connectivity index is 2.12. The maximum absolute atomic E-state index is 12.1. The average molecular weight is 316 g/mol. The normalized spacial score (nSPS) is 9.91. The quantitative estimate of drug-likeness (QED) is 0.594. The fourth-order valence-corrected chi connectivity index (χ4v) is 2.05. The molecule has 22 heavy (non-hydrogen) atoms. The van der Waals surface area contributed by atoms with Crippen LogP contribution in [0, 0.1) is 0 Å². The van der Waals surface area contributed by atoms with Gasteiger partial charge in [-0.3, -0.25) is 0 Å². The van der Waals surface area contributed by atoms with E-state index < -0.39 is 12.0 Å². The molecule has 0 saturated heterocycles. The lowest BCUT2D eigenvalue weighted by Gasteiger charge is -2.12. The van der Waals surface area contributed by atoms with Crippen molar-refractivity contribution in [1.29, 1.82) is 0 Å². The molecule has 0 aliphatic rings. The minimum atomic E-state index is -0.479. The fourth-order valence-electron chi connectivity index (χ4n) is 1.83. The first-order valence-corrected chi connectivity index (χ1v) is 7.18. The molecule has 0 atom stereocenters. The van der Waals surface area contributed by atoms with Gasteiger partial charge in [0.05, 0.1) is 23.5 Å². The molecule has 2 amide bonds. The molecule has 2 aromatic carbocycles. The second kappa shape index (κ2) is 7.51. The Bertz CT molecular complexity index is 689. The monoisotopic (exact) mass is 316 g/mol. The van der Waals surface area contributed by atoms with Crippen LogP contribution >= 0.6 is 12.6 Å². The molecule has 5 nitrogen and oxygen atoms in total. The number of anilines is 2. The molecule has 0 fully saturated rings. The Labute approximate surface area is 134 Å². The summed E-state index contributed by atoms with van der Waals surface area (Å²) in [7, 11) is 0. The van der Waals surface area contributed by atoms with E-state index in [2.05, 4.69) is 23.3 Å². The van der Waals surface area contributed by atoms with E-state index in [0.29, 0.717) is 21.8 Å². The van der Waals surface area contributed by atoms with E-state index in [9.17, 15) is 9.59 Å². The summed E-state index contributed by atoms with van der Waals surface area (Å²) in [5, 5.41) is 5.32. The van der Waals surface area contributed by atoms with Crippen LogP contribution in [0.25, 0.3) is 0 Å². The zero-order chi connectivity index (χ0) is 15.9. The highest BCUT2D eigenvalue weighted by molar-refractivity contribution is 7.80. The summed E-state index contributed by atoms with van der Waals surface area (Å²) < 4.78 is 4.96. The molecule has 114 valence electrons. The van der Waals surface area contributed by atoms with Crippen LogP contribution in [-0.4, -0.2) is 18.6 Å². The van der Waals surface area contributed by atoms with Crippen LogP contribution in [-0.2, 0) is 4.74 Å². The zero-order valence-electron chi connectivity index (χ0n) is 12.0. The first kappa shape index (κ1) is 15.9. The molecule has 0 spiro atoms. The largest absolute Gasteiger partial charge is 0.462 e. The number of hydrogen-bond donors (Lipinski definition) is 3. The number of thiol groups is 1. The molecule has 0 bridgehead atoms. The highest BCUT2D eigenvalue weighted by atomic mass is 32.1. The van der Waals surface area contributed by atoms with Crippen LogP contribution in [0.2, 0.25) is 0 Å². The number of hydrogen-bond acceptors (Lipinski definition) is 4. The van der Waals surface area contributed by atoms with Gasteiger partial charge in [-0.2, -0.15) is 0 Å². The van der Waals surface area contributed by atoms with Gasteiger partial charge in [0.1, 0.15) is 0 Å². The molecule has 0 radical (unpaired) electrons. The first-order valence-electron chi connectivity index (χ1n) is 6.74. The highest BCUT2D eigenvalue weighted by Crippen LogP contribution is 2.20. The highest BCUT2D eigenvalue weighted by Gasteiger charge is 2.14. The Hall–Kier alpha value is -2.47. The average Bonchev–Trinajstić information content (AvgIpc) is 2.50. The van der Waals surface area contributed by atoms with Gasteiger partial charge >= 0.3 is 12.0 Å². The van der Waals surface area contributed by atoms with E-state index in [1.807, 2.05) is 6.07 Å².